The summed E-state index contributed by atoms with van der Waals surface area (Å²) < 4.78 is 0. The molecule has 0 unspecified atom stereocenters. The highest BCUT2D eigenvalue weighted by molar-refractivity contribution is 6.35. The number of aromatic nitrogens is 2. The first kappa shape index (κ1) is 21.2. The average Bonchev–Trinajstić information content (AvgIpc) is 2.77. The lowest BCUT2D eigenvalue weighted by Crippen LogP contribution is -2.46. The van der Waals surface area contributed by atoms with Crippen LogP contribution in [0.1, 0.15) is 19.4 Å². The molecular formula is C23H27Cl2N5. The first-order valence-electron chi connectivity index (χ1n) is 10.5. The van der Waals surface area contributed by atoms with Gasteiger partial charge in [0.25, 0.3) is 0 Å². The molecule has 0 aliphatic carbocycles. The van der Waals surface area contributed by atoms with Crippen molar-refractivity contribution in [3.05, 3.63) is 58.1 Å². The fourth-order valence-electron chi connectivity index (χ4n) is 3.95. The summed E-state index contributed by atoms with van der Waals surface area (Å²) >= 11 is 12.4. The highest BCUT2D eigenvalue weighted by Gasteiger charge is 2.22. The van der Waals surface area contributed by atoms with Crippen LogP contribution in [0.5, 0.6) is 0 Å². The second-order valence-electron chi connectivity index (χ2n) is 7.54. The van der Waals surface area contributed by atoms with Crippen LogP contribution in [0.2, 0.25) is 10.0 Å². The van der Waals surface area contributed by atoms with Gasteiger partial charge in [0, 0.05) is 61.2 Å². The van der Waals surface area contributed by atoms with E-state index in [0.717, 1.165) is 79.1 Å². The van der Waals surface area contributed by atoms with Gasteiger partial charge in [-0.15, -0.1) is 0 Å². The van der Waals surface area contributed by atoms with Crippen molar-refractivity contribution >= 4 is 45.9 Å². The second-order valence-corrected chi connectivity index (χ2v) is 8.38. The Morgan fingerprint density at radius 1 is 0.933 bits per heavy atom. The summed E-state index contributed by atoms with van der Waals surface area (Å²) in [6, 6.07) is 14.0. The Morgan fingerprint density at radius 2 is 1.67 bits per heavy atom. The molecule has 7 heteroatoms. The van der Waals surface area contributed by atoms with Crippen LogP contribution >= 0.6 is 23.2 Å². The molecule has 2 aromatic carbocycles. The first-order valence-corrected chi connectivity index (χ1v) is 11.3. The van der Waals surface area contributed by atoms with Crippen LogP contribution < -0.4 is 9.80 Å². The van der Waals surface area contributed by atoms with E-state index in [2.05, 4.69) is 46.7 Å². The molecule has 0 spiro atoms. The fraction of sp³-hybridized carbons (Fsp3) is 0.391. The Labute approximate surface area is 188 Å². The van der Waals surface area contributed by atoms with Crippen molar-refractivity contribution in [1.29, 1.82) is 0 Å². The molecule has 0 atom stereocenters. The molecule has 4 rings (SSSR count). The summed E-state index contributed by atoms with van der Waals surface area (Å²) in [6.45, 7) is 10.7. The third-order valence-corrected chi connectivity index (χ3v) is 6.29. The van der Waals surface area contributed by atoms with Crippen molar-refractivity contribution < 1.29 is 0 Å². The van der Waals surface area contributed by atoms with Crippen LogP contribution in [0.4, 0.5) is 11.8 Å². The van der Waals surface area contributed by atoms with Gasteiger partial charge in [0.05, 0.1) is 5.52 Å². The summed E-state index contributed by atoms with van der Waals surface area (Å²) in [6.07, 6.45) is 0. The third kappa shape index (κ3) is 4.48. The van der Waals surface area contributed by atoms with Crippen molar-refractivity contribution in [2.24, 2.45) is 0 Å². The molecule has 3 aromatic rings. The van der Waals surface area contributed by atoms with E-state index in [9.17, 15) is 0 Å². The first-order chi connectivity index (χ1) is 14.6. The minimum absolute atomic E-state index is 0.672. The molecule has 1 aliphatic heterocycles. The van der Waals surface area contributed by atoms with Gasteiger partial charge in [0.2, 0.25) is 5.95 Å². The van der Waals surface area contributed by atoms with Gasteiger partial charge in [-0.25, -0.2) is 4.98 Å². The lowest BCUT2D eigenvalue weighted by atomic mass is 10.2. The van der Waals surface area contributed by atoms with Crippen molar-refractivity contribution in [3.63, 3.8) is 0 Å². The van der Waals surface area contributed by atoms with Gasteiger partial charge in [-0.05, 0) is 43.7 Å². The molecule has 1 aromatic heterocycles. The van der Waals surface area contributed by atoms with E-state index < -0.39 is 0 Å². The van der Waals surface area contributed by atoms with Crippen LogP contribution in [0, 0.1) is 0 Å². The summed E-state index contributed by atoms with van der Waals surface area (Å²) in [4.78, 5) is 16.9. The molecule has 0 N–H and O–H groups in total. The summed E-state index contributed by atoms with van der Waals surface area (Å²) in [5.74, 6) is 1.84. The molecular weight excluding hydrogens is 417 g/mol. The fourth-order valence-corrected chi connectivity index (χ4v) is 4.42. The maximum Gasteiger partial charge on any atom is 0.227 e. The van der Waals surface area contributed by atoms with Crippen LogP contribution in [0.15, 0.2) is 42.5 Å². The monoisotopic (exact) mass is 443 g/mol. The van der Waals surface area contributed by atoms with Crippen LogP contribution in [0.25, 0.3) is 10.9 Å². The number of halogens is 2. The highest BCUT2D eigenvalue weighted by atomic mass is 35.5. The SMILES string of the molecule is CCN(CC)c1nc(N2CCN(Cc3ccc(Cl)cc3Cl)CC2)nc2ccccc12. The normalized spacial score (nSPS) is 15.0. The molecule has 2 heterocycles. The Hall–Kier alpha value is -2.08. The number of benzene rings is 2. The number of piperazine rings is 1. The molecule has 1 saturated heterocycles. The predicted octanol–water partition coefficient (Wildman–Crippen LogP) is 5.11. The number of hydrogen-bond acceptors (Lipinski definition) is 5. The quantitative estimate of drug-likeness (QED) is 0.528. The van der Waals surface area contributed by atoms with E-state index in [1.54, 1.807) is 0 Å². The van der Waals surface area contributed by atoms with Crippen molar-refractivity contribution in [2.45, 2.75) is 20.4 Å². The molecule has 5 nitrogen and oxygen atoms in total. The number of nitrogens with zero attached hydrogens (tertiary/aromatic N) is 5. The summed E-state index contributed by atoms with van der Waals surface area (Å²) in [5.41, 5.74) is 2.11. The average molecular weight is 444 g/mol. The second kappa shape index (κ2) is 9.38. The van der Waals surface area contributed by atoms with E-state index in [4.69, 9.17) is 33.2 Å². The van der Waals surface area contributed by atoms with Crippen molar-refractivity contribution in [1.82, 2.24) is 14.9 Å². The van der Waals surface area contributed by atoms with Gasteiger partial charge in [-0.1, -0.05) is 41.4 Å². The Balaban J connectivity index is 1.51. The Bertz CT molecular complexity index is 1010. The lowest BCUT2D eigenvalue weighted by Gasteiger charge is -2.35. The minimum atomic E-state index is 0.672. The molecule has 1 fully saturated rings. The molecule has 1 aliphatic rings. The van der Waals surface area contributed by atoms with Crippen LogP contribution in [-0.4, -0.2) is 54.1 Å². The zero-order valence-corrected chi connectivity index (χ0v) is 19.0. The van der Waals surface area contributed by atoms with Crippen molar-refractivity contribution in [2.75, 3.05) is 49.1 Å². The summed E-state index contributed by atoms with van der Waals surface area (Å²) in [7, 11) is 0. The topological polar surface area (TPSA) is 35.5 Å². The number of para-hydroxylation sites is 1. The maximum atomic E-state index is 6.36. The zero-order valence-electron chi connectivity index (χ0n) is 17.5. The largest absolute Gasteiger partial charge is 0.356 e. The lowest BCUT2D eigenvalue weighted by molar-refractivity contribution is 0.249. The zero-order chi connectivity index (χ0) is 21.1. The number of fused-ring (bicyclic) bond motifs is 1. The number of anilines is 2. The maximum absolute atomic E-state index is 6.36. The van der Waals surface area contributed by atoms with Crippen LogP contribution in [-0.2, 0) is 6.54 Å². The molecule has 0 radical (unpaired) electrons. The number of hydrogen-bond donors (Lipinski definition) is 0. The summed E-state index contributed by atoms with van der Waals surface area (Å²) in [5, 5.41) is 2.51. The molecule has 0 saturated carbocycles. The van der Waals surface area contributed by atoms with E-state index in [-0.39, 0.29) is 0 Å². The number of rotatable bonds is 6. The van der Waals surface area contributed by atoms with E-state index in [1.165, 1.54) is 0 Å². The van der Waals surface area contributed by atoms with Gasteiger partial charge < -0.3 is 9.80 Å². The van der Waals surface area contributed by atoms with Crippen LogP contribution in [0.3, 0.4) is 0 Å². The minimum Gasteiger partial charge on any atom is -0.356 e. The van der Waals surface area contributed by atoms with E-state index in [0.29, 0.717) is 5.02 Å². The van der Waals surface area contributed by atoms with E-state index >= 15 is 0 Å². The van der Waals surface area contributed by atoms with Gasteiger partial charge in [-0.3, -0.25) is 4.90 Å². The van der Waals surface area contributed by atoms with Gasteiger partial charge >= 0.3 is 0 Å². The van der Waals surface area contributed by atoms with E-state index in [1.807, 2.05) is 24.3 Å². The van der Waals surface area contributed by atoms with Crippen molar-refractivity contribution in [3.8, 4) is 0 Å². The Kier molecular flexibility index (Phi) is 6.61. The smallest absolute Gasteiger partial charge is 0.227 e. The highest BCUT2D eigenvalue weighted by Crippen LogP contribution is 2.27. The van der Waals surface area contributed by atoms with Gasteiger partial charge in [0.15, 0.2) is 0 Å². The Morgan fingerprint density at radius 3 is 2.37 bits per heavy atom. The molecule has 158 valence electrons. The predicted molar refractivity (Wildman–Crippen MR) is 127 cm³/mol. The molecule has 0 bridgehead atoms. The van der Waals surface area contributed by atoms with Gasteiger partial charge in [0.1, 0.15) is 5.82 Å². The third-order valence-electron chi connectivity index (χ3n) is 5.70. The standard InChI is InChI=1S/C23H27Cl2N5/c1-3-29(4-2)22-19-7-5-6-8-21(19)26-23(27-22)30-13-11-28(12-14-30)16-17-9-10-18(24)15-20(17)25/h5-10,15H,3-4,11-14,16H2,1-2H3. The molecule has 0 amide bonds. The molecule has 30 heavy (non-hydrogen) atoms. The van der Waals surface area contributed by atoms with Gasteiger partial charge in [-0.2, -0.15) is 4.98 Å².